The zero-order valence-electron chi connectivity index (χ0n) is 15.9. The summed E-state index contributed by atoms with van der Waals surface area (Å²) in [5.41, 5.74) is 2.18. The molecule has 0 fully saturated rings. The van der Waals surface area contributed by atoms with Crippen LogP contribution in [0.3, 0.4) is 0 Å². The van der Waals surface area contributed by atoms with Crippen molar-refractivity contribution in [3.05, 3.63) is 53.5 Å². The van der Waals surface area contributed by atoms with E-state index in [4.69, 9.17) is 23.7 Å². The van der Waals surface area contributed by atoms with Gasteiger partial charge in [-0.3, -0.25) is 0 Å². The maximum atomic E-state index is 5.93. The minimum Gasteiger partial charge on any atom is -0.469 e. The van der Waals surface area contributed by atoms with Crippen LogP contribution in [-0.4, -0.2) is 44.8 Å². The molecule has 1 aliphatic rings. The monoisotopic (exact) mass is 504 g/mol. The molecule has 27 heavy (non-hydrogen) atoms. The Kier molecular flexibility index (Phi) is 9.32. The molecule has 0 bridgehead atoms. The molecular weight excluding hydrogens is 480 g/mol. The standard InChI is InChI=1S/C20H26Br2O5/c1-23-11-7-10-16-19(15-8-5-4-6-9-15)17(26-13-24-2)12-18(20(16,21)22)27-14-25-3/h4-6,8-9,12,16H,7,10-11,13-14H2,1-3H3. The summed E-state index contributed by atoms with van der Waals surface area (Å²) in [6.45, 7) is 0.983. The van der Waals surface area contributed by atoms with E-state index >= 15 is 0 Å². The number of ether oxygens (including phenoxy) is 5. The molecule has 2 rings (SSSR count). The van der Waals surface area contributed by atoms with Gasteiger partial charge in [0.1, 0.15) is 14.8 Å². The van der Waals surface area contributed by atoms with Crippen molar-refractivity contribution in [1.29, 1.82) is 0 Å². The molecule has 0 amide bonds. The van der Waals surface area contributed by atoms with E-state index in [1.54, 1.807) is 21.3 Å². The molecule has 0 saturated heterocycles. The van der Waals surface area contributed by atoms with Crippen molar-refractivity contribution in [3.8, 4) is 0 Å². The molecule has 0 spiro atoms. The third kappa shape index (κ3) is 5.81. The Hall–Kier alpha value is -0.860. The highest BCUT2D eigenvalue weighted by Crippen LogP contribution is 2.54. The molecule has 0 saturated carbocycles. The number of benzene rings is 1. The van der Waals surface area contributed by atoms with Gasteiger partial charge in [-0.15, -0.1) is 0 Å². The average molecular weight is 506 g/mol. The fourth-order valence-corrected chi connectivity index (χ4v) is 4.41. The van der Waals surface area contributed by atoms with E-state index in [1.807, 2.05) is 24.3 Å². The van der Waals surface area contributed by atoms with E-state index < -0.39 is 3.23 Å². The van der Waals surface area contributed by atoms with Crippen LogP contribution in [0, 0.1) is 5.92 Å². The van der Waals surface area contributed by atoms with Gasteiger partial charge in [0.15, 0.2) is 13.6 Å². The summed E-state index contributed by atoms with van der Waals surface area (Å²) in [5.74, 6) is 1.46. The first-order valence-electron chi connectivity index (χ1n) is 8.68. The van der Waals surface area contributed by atoms with Crippen LogP contribution in [0.5, 0.6) is 0 Å². The lowest BCUT2D eigenvalue weighted by Gasteiger charge is -2.38. The number of rotatable bonds is 11. The van der Waals surface area contributed by atoms with E-state index in [2.05, 4.69) is 44.0 Å². The topological polar surface area (TPSA) is 46.2 Å². The fraction of sp³-hybridized carbons (Fsp3) is 0.500. The zero-order chi connectivity index (χ0) is 19.7. The van der Waals surface area contributed by atoms with Crippen LogP contribution in [-0.2, 0) is 23.7 Å². The second kappa shape index (κ2) is 11.2. The smallest absolute Gasteiger partial charge is 0.188 e. The minimum atomic E-state index is -0.586. The number of alkyl halides is 2. The molecule has 1 aromatic carbocycles. The first-order chi connectivity index (χ1) is 13.1. The summed E-state index contributed by atoms with van der Waals surface area (Å²) >= 11 is 7.69. The van der Waals surface area contributed by atoms with Crippen molar-refractivity contribution in [2.75, 3.05) is 41.5 Å². The summed E-state index contributed by atoms with van der Waals surface area (Å²) in [6.07, 6.45) is 3.64. The lowest BCUT2D eigenvalue weighted by Crippen LogP contribution is -2.34. The van der Waals surface area contributed by atoms with Crippen LogP contribution in [0.4, 0.5) is 0 Å². The van der Waals surface area contributed by atoms with Crippen LogP contribution in [0.15, 0.2) is 47.9 Å². The highest BCUT2D eigenvalue weighted by atomic mass is 79.9. The molecule has 0 N–H and O–H groups in total. The number of hydrogen-bond acceptors (Lipinski definition) is 5. The van der Waals surface area contributed by atoms with Gasteiger partial charge in [-0.2, -0.15) is 0 Å². The van der Waals surface area contributed by atoms with Crippen molar-refractivity contribution in [2.24, 2.45) is 5.92 Å². The highest BCUT2D eigenvalue weighted by Gasteiger charge is 2.45. The van der Waals surface area contributed by atoms with E-state index in [-0.39, 0.29) is 19.5 Å². The van der Waals surface area contributed by atoms with Gasteiger partial charge in [0.25, 0.3) is 0 Å². The minimum absolute atomic E-state index is 0.0405. The van der Waals surface area contributed by atoms with Gasteiger partial charge in [-0.1, -0.05) is 62.2 Å². The first-order valence-corrected chi connectivity index (χ1v) is 10.3. The molecule has 1 atom stereocenters. The number of hydrogen-bond donors (Lipinski definition) is 0. The van der Waals surface area contributed by atoms with Crippen molar-refractivity contribution in [1.82, 2.24) is 0 Å². The van der Waals surface area contributed by atoms with E-state index in [0.717, 1.165) is 29.7 Å². The molecule has 150 valence electrons. The van der Waals surface area contributed by atoms with Crippen molar-refractivity contribution in [2.45, 2.75) is 16.1 Å². The van der Waals surface area contributed by atoms with Gasteiger partial charge in [0, 0.05) is 45.5 Å². The Morgan fingerprint density at radius 3 is 2.22 bits per heavy atom. The predicted octanol–water partition coefficient (Wildman–Crippen LogP) is 5.07. The summed E-state index contributed by atoms with van der Waals surface area (Å²) in [7, 11) is 4.91. The van der Waals surface area contributed by atoms with E-state index in [9.17, 15) is 0 Å². The molecule has 5 nitrogen and oxygen atoms in total. The SMILES string of the molecule is COCCCC1C(c2ccccc2)=C(OCOC)C=C(OCOC)C1(Br)Br. The lowest BCUT2D eigenvalue weighted by atomic mass is 9.82. The summed E-state index contributed by atoms with van der Waals surface area (Å²) in [5, 5.41) is 0. The largest absolute Gasteiger partial charge is 0.469 e. The number of methoxy groups -OCH3 is 3. The molecule has 0 heterocycles. The van der Waals surface area contributed by atoms with E-state index in [0.29, 0.717) is 12.4 Å². The average Bonchev–Trinajstić information content (AvgIpc) is 2.67. The van der Waals surface area contributed by atoms with Crippen LogP contribution < -0.4 is 0 Å². The summed E-state index contributed by atoms with van der Waals surface area (Å²) in [6, 6.07) is 10.2. The van der Waals surface area contributed by atoms with E-state index in [1.165, 1.54) is 0 Å². The van der Waals surface area contributed by atoms with Crippen molar-refractivity contribution in [3.63, 3.8) is 0 Å². The first kappa shape index (κ1) is 22.4. The maximum absolute atomic E-state index is 5.93. The third-order valence-electron chi connectivity index (χ3n) is 4.23. The van der Waals surface area contributed by atoms with Gasteiger partial charge in [-0.25, -0.2) is 0 Å². The Balaban J connectivity index is 2.52. The molecule has 0 aliphatic heterocycles. The number of allylic oxidation sites excluding steroid dienone is 3. The number of halogens is 2. The quantitative estimate of drug-likeness (QED) is 0.239. The maximum Gasteiger partial charge on any atom is 0.188 e. The Bertz CT molecular complexity index is 643. The Labute approximate surface area is 177 Å². The van der Waals surface area contributed by atoms with Gasteiger partial charge in [0.2, 0.25) is 0 Å². The Morgan fingerprint density at radius 1 is 0.926 bits per heavy atom. The molecule has 0 radical (unpaired) electrons. The van der Waals surface area contributed by atoms with Crippen LogP contribution in [0.2, 0.25) is 0 Å². The third-order valence-corrected chi connectivity index (χ3v) is 6.12. The van der Waals surface area contributed by atoms with Gasteiger partial charge < -0.3 is 23.7 Å². The summed E-state index contributed by atoms with van der Waals surface area (Å²) in [4.78, 5) is 0. The normalized spacial score (nSPS) is 19.0. The molecule has 0 aromatic heterocycles. The second-order valence-electron chi connectivity index (χ2n) is 6.06. The van der Waals surface area contributed by atoms with Crippen molar-refractivity contribution < 1.29 is 23.7 Å². The highest BCUT2D eigenvalue weighted by molar-refractivity contribution is 9.25. The lowest BCUT2D eigenvalue weighted by molar-refractivity contribution is -0.00578. The Morgan fingerprint density at radius 2 is 1.59 bits per heavy atom. The molecule has 1 unspecified atom stereocenters. The van der Waals surface area contributed by atoms with Crippen LogP contribution in [0.25, 0.3) is 5.57 Å². The fourth-order valence-electron chi connectivity index (χ4n) is 3.04. The van der Waals surface area contributed by atoms with Crippen LogP contribution in [0.1, 0.15) is 18.4 Å². The van der Waals surface area contributed by atoms with Gasteiger partial charge >= 0.3 is 0 Å². The molecule has 1 aromatic rings. The summed E-state index contributed by atoms with van der Waals surface area (Å²) < 4.78 is 26.7. The second-order valence-corrected chi connectivity index (χ2v) is 9.63. The molecule has 7 heteroatoms. The molecular formula is C20H26Br2O5. The molecule has 1 aliphatic carbocycles. The predicted molar refractivity (Wildman–Crippen MR) is 113 cm³/mol. The van der Waals surface area contributed by atoms with Gasteiger partial charge in [0.05, 0.1) is 0 Å². The zero-order valence-corrected chi connectivity index (χ0v) is 19.0. The van der Waals surface area contributed by atoms with Crippen molar-refractivity contribution >= 4 is 37.4 Å². The van der Waals surface area contributed by atoms with Gasteiger partial charge in [-0.05, 0) is 18.4 Å². The van der Waals surface area contributed by atoms with Crippen LogP contribution >= 0.6 is 31.9 Å².